The molecule has 0 bridgehead atoms. The van der Waals surface area contributed by atoms with Crippen LogP contribution in [0.25, 0.3) is 10.8 Å². The maximum atomic E-state index is 13.2. The van der Waals surface area contributed by atoms with E-state index in [9.17, 15) is 13.2 Å². The zero-order valence-electron chi connectivity index (χ0n) is 17.7. The van der Waals surface area contributed by atoms with E-state index in [0.717, 1.165) is 21.9 Å². The average molecular weight is 439 g/mol. The van der Waals surface area contributed by atoms with Gasteiger partial charge in [0.25, 0.3) is 5.91 Å². The summed E-state index contributed by atoms with van der Waals surface area (Å²) in [4.78, 5) is 15.0. The largest absolute Gasteiger partial charge is 0.379 e. The molecule has 31 heavy (non-hydrogen) atoms. The number of morpholine rings is 1. The molecular formula is C24H26N2O4S. The number of carbonyl (C=O) groups excluding carboxylic acids is 1. The van der Waals surface area contributed by atoms with Gasteiger partial charge >= 0.3 is 0 Å². The fourth-order valence-corrected chi connectivity index (χ4v) is 5.25. The molecule has 1 aliphatic rings. The molecule has 3 aromatic carbocycles. The van der Waals surface area contributed by atoms with Gasteiger partial charge in [-0.1, -0.05) is 42.5 Å². The van der Waals surface area contributed by atoms with Gasteiger partial charge in [0.05, 0.1) is 18.1 Å². The number of rotatable bonds is 5. The van der Waals surface area contributed by atoms with Gasteiger partial charge in [-0.15, -0.1) is 0 Å². The Balaban J connectivity index is 1.57. The summed E-state index contributed by atoms with van der Waals surface area (Å²) in [5, 5.41) is 2.27. The molecule has 3 aromatic rings. The number of hydrogen-bond acceptors (Lipinski definition) is 4. The maximum Gasteiger partial charge on any atom is 0.254 e. The van der Waals surface area contributed by atoms with Crippen LogP contribution < -0.4 is 0 Å². The summed E-state index contributed by atoms with van der Waals surface area (Å²) < 4.78 is 32.7. The van der Waals surface area contributed by atoms with E-state index < -0.39 is 10.0 Å². The molecule has 0 unspecified atom stereocenters. The quantitative estimate of drug-likeness (QED) is 0.612. The van der Waals surface area contributed by atoms with E-state index in [0.29, 0.717) is 38.4 Å². The maximum absolute atomic E-state index is 13.2. The smallest absolute Gasteiger partial charge is 0.254 e. The molecule has 162 valence electrons. The Hall–Kier alpha value is -2.74. The van der Waals surface area contributed by atoms with Crippen molar-refractivity contribution in [3.63, 3.8) is 0 Å². The number of carbonyl (C=O) groups is 1. The standard InChI is InChI=1S/C24H26N2O4S/c1-18-7-10-22(31(28,29)26-11-13-30-14-12-26)16-23(18)24(27)25(2)17-19-8-9-20-5-3-4-6-21(20)15-19/h3-10,15-16H,11-14,17H2,1-2H3. The normalized spacial score (nSPS) is 15.2. The Labute approximate surface area is 183 Å². The van der Waals surface area contributed by atoms with Crippen LogP contribution in [0.4, 0.5) is 0 Å². The Morgan fingerprint density at radius 1 is 1.00 bits per heavy atom. The van der Waals surface area contributed by atoms with Gasteiger partial charge in [0.15, 0.2) is 0 Å². The minimum atomic E-state index is -3.66. The Kier molecular flexibility index (Phi) is 6.09. The lowest BCUT2D eigenvalue weighted by Crippen LogP contribution is -2.40. The zero-order valence-corrected chi connectivity index (χ0v) is 18.6. The molecule has 1 aliphatic heterocycles. The predicted octanol–water partition coefficient (Wildman–Crippen LogP) is 3.44. The molecule has 0 saturated carbocycles. The van der Waals surface area contributed by atoms with Crippen LogP contribution in [0.5, 0.6) is 0 Å². The lowest BCUT2D eigenvalue weighted by molar-refractivity contribution is 0.0730. The first-order valence-corrected chi connectivity index (χ1v) is 11.7. The number of benzene rings is 3. The molecule has 1 heterocycles. The first-order chi connectivity index (χ1) is 14.9. The van der Waals surface area contributed by atoms with Crippen molar-refractivity contribution in [3.8, 4) is 0 Å². The molecule has 1 saturated heterocycles. The van der Waals surface area contributed by atoms with Crippen LogP contribution in [-0.2, 0) is 21.3 Å². The van der Waals surface area contributed by atoms with E-state index in [4.69, 9.17) is 4.74 Å². The van der Waals surface area contributed by atoms with Crippen molar-refractivity contribution in [2.45, 2.75) is 18.4 Å². The summed E-state index contributed by atoms with van der Waals surface area (Å²) >= 11 is 0. The van der Waals surface area contributed by atoms with Crippen LogP contribution in [0.3, 0.4) is 0 Å². The lowest BCUT2D eigenvalue weighted by atomic mass is 10.1. The number of aryl methyl sites for hydroxylation is 1. The Morgan fingerprint density at radius 2 is 1.71 bits per heavy atom. The number of sulfonamides is 1. The molecule has 7 heteroatoms. The summed E-state index contributed by atoms with van der Waals surface area (Å²) in [5.41, 5.74) is 2.17. The third-order valence-electron chi connectivity index (χ3n) is 5.63. The summed E-state index contributed by atoms with van der Waals surface area (Å²) in [6.45, 7) is 3.66. The molecule has 1 fully saturated rings. The SMILES string of the molecule is Cc1ccc(S(=O)(=O)N2CCOCC2)cc1C(=O)N(C)Cc1ccc2ccccc2c1. The van der Waals surface area contributed by atoms with E-state index >= 15 is 0 Å². The van der Waals surface area contributed by atoms with Gasteiger partial charge < -0.3 is 9.64 Å². The van der Waals surface area contributed by atoms with Gasteiger partial charge in [0.2, 0.25) is 10.0 Å². The molecule has 0 aliphatic carbocycles. The molecule has 0 aromatic heterocycles. The molecule has 6 nitrogen and oxygen atoms in total. The van der Waals surface area contributed by atoms with Crippen LogP contribution in [0, 0.1) is 6.92 Å². The summed E-state index contributed by atoms with van der Waals surface area (Å²) in [6, 6.07) is 19.0. The van der Waals surface area contributed by atoms with Crippen molar-refractivity contribution in [1.29, 1.82) is 0 Å². The topological polar surface area (TPSA) is 66.9 Å². The van der Waals surface area contributed by atoms with Crippen LogP contribution >= 0.6 is 0 Å². The Bertz CT molecular complexity index is 1220. The van der Waals surface area contributed by atoms with Crippen molar-refractivity contribution in [2.75, 3.05) is 33.4 Å². The number of hydrogen-bond donors (Lipinski definition) is 0. The second-order valence-electron chi connectivity index (χ2n) is 7.84. The zero-order chi connectivity index (χ0) is 22.0. The van der Waals surface area contributed by atoms with Gasteiger partial charge in [-0.05, 0) is 47.0 Å². The highest BCUT2D eigenvalue weighted by Crippen LogP contribution is 2.22. The van der Waals surface area contributed by atoms with E-state index in [1.54, 1.807) is 24.1 Å². The average Bonchev–Trinajstić information content (AvgIpc) is 2.79. The summed E-state index contributed by atoms with van der Waals surface area (Å²) in [6.07, 6.45) is 0. The molecule has 0 spiro atoms. The monoisotopic (exact) mass is 438 g/mol. The van der Waals surface area contributed by atoms with E-state index in [2.05, 4.69) is 12.1 Å². The van der Waals surface area contributed by atoms with Gasteiger partial charge in [-0.2, -0.15) is 4.31 Å². The number of amides is 1. The molecular weight excluding hydrogens is 412 g/mol. The highest BCUT2D eigenvalue weighted by atomic mass is 32.2. The molecule has 0 radical (unpaired) electrons. The van der Waals surface area contributed by atoms with E-state index in [1.807, 2.05) is 37.3 Å². The minimum Gasteiger partial charge on any atom is -0.379 e. The number of ether oxygens (including phenoxy) is 1. The first-order valence-electron chi connectivity index (χ1n) is 10.3. The molecule has 4 rings (SSSR count). The predicted molar refractivity (Wildman–Crippen MR) is 121 cm³/mol. The van der Waals surface area contributed by atoms with Gasteiger partial charge in [-0.3, -0.25) is 4.79 Å². The minimum absolute atomic E-state index is 0.141. The highest BCUT2D eigenvalue weighted by Gasteiger charge is 2.27. The summed E-state index contributed by atoms with van der Waals surface area (Å²) in [7, 11) is -1.92. The van der Waals surface area contributed by atoms with Gasteiger partial charge in [-0.25, -0.2) is 8.42 Å². The van der Waals surface area contributed by atoms with Crippen molar-refractivity contribution in [1.82, 2.24) is 9.21 Å². The van der Waals surface area contributed by atoms with Crippen LogP contribution in [-0.4, -0.2) is 56.9 Å². The third-order valence-corrected chi connectivity index (χ3v) is 7.52. The van der Waals surface area contributed by atoms with Crippen LogP contribution in [0.2, 0.25) is 0 Å². The molecule has 0 atom stereocenters. The molecule has 0 N–H and O–H groups in total. The van der Waals surface area contributed by atoms with Gasteiger partial charge in [0, 0.05) is 32.2 Å². The van der Waals surface area contributed by atoms with Crippen molar-refractivity contribution >= 4 is 26.7 Å². The second kappa shape index (κ2) is 8.78. The summed E-state index contributed by atoms with van der Waals surface area (Å²) in [5.74, 6) is -0.204. The molecule has 1 amide bonds. The third kappa shape index (κ3) is 4.49. The van der Waals surface area contributed by atoms with Crippen molar-refractivity contribution in [3.05, 3.63) is 77.4 Å². The van der Waals surface area contributed by atoms with Gasteiger partial charge in [0.1, 0.15) is 0 Å². The van der Waals surface area contributed by atoms with Crippen molar-refractivity contribution in [2.24, 2.45) is 0 Å². The number of fused-ring (bicyclic) bond motifs is 1. The first kappa shape index (κ1) is 21.5. The van der Waals surface area contributed by atoms with Crippen molar-refractivity contribution < 1.29 is 17.9 Å². The van der Waals surface area contributed by atoms with Crippen LogP contribution in [0.15, 0.2) is 65.6 Å². The lowest BCUT2D eigenvalue weighted by Gasteiger charge is -2.26. The fraction of sp³-hybridized carbons (Fsp3) is 0.292. The second-order valence-corrected chi connectivity index (χ2v) is 9.77. The van der Waals surface area contributed by atoms with E-state index in [-0.39, 0.29) is 10.8 Å². The fourth-order valence-electron chi connectivity index (χ4n) is 3.82. The Morgan fingerprint density at radius 3 is 2.45 bits per heavy atom. The number of nitrogens with zero attached hydrogens (tertiary/aromatic N) is 2. The van der Waals surface area contributed by atoms with E-state index in [1.165, 1.54) is 10.4 Å². The highest BCUT2D eigenvalue weighted by molar-refractivity contribution is 7.89. The van der Waals surface area contributed by atoms with Crippen LogP contribution in [0.1, 0.15) is 21.5 Å².